The number of carbonyl (C=O) groups is 2. The van der Waals surface area contributed by atoms with Crippen molar-refractivity contribution in [2.24, 2.45) is 4.99 Å². The van der Waals surface area contributed by atoms with Crippen LogP contribution < -0.4 is 25.1 Å². The molecule has 2 amide bonds. The normalized spacial score (nSPS) is 17.4. The fraction of sp³-hybridized carbons (Fsp3) is 0.133. The number of anilines is 2. The lowest BCUT2D eigenvalue weighted by Gasteiger charge is -2.25. The number of benzene rings is 3. The average Bonchev–Trinajstić information content (AvgIpc) is 3.40. The van der Waals surface area contributed by atoms with Crippen LogP contribution >= 0.6 is 27.3 Å². The first-order valence-corrected chi connectivity index (χ1v) is 14.2. The van der Waals surface area contributed by atoms with Gasteiger partial charge in [0.2, 0.25) is 0 Å². The predicted octanol–water partition coefficient (Wildman–Crippen LogP) is 4.51. The number of thiazole rings is 1. The van der Waals surface area contributed by atoms with Gasteiger partial charge in [-0.15, -0.1) is 0 Å². The van der Waals surface area contributed by atoms with Crippen molar-refractivity contribution >= 4 is 56.0 Å². The third-order valence-electron chi connectivity index (χ3n) is 6.98. The summed E-state index contributed by atoms with van der Waals surface area (Å²) >= 11 is 4.60. The van der Waals surface area contributed by atoms with Gasteiger partial charge in [-0.05, 0) is 61.9 Å². The molecule has 7 nitrogen and oxygen atoms in total. The summed E-state index contributed by atoms with van der Waals surface area (Å²) in [6.07, 6.45) is 0. The minimum absolute atomic E-state index is 0.240. The first-order valence-electron chi connectivity index (χ1n) is 12.6. The Morgan fingerprint density at radius 3 is 2.50 bits per heavy atom. The van der Waals surface area contributed by atoms with Crippen LogP contribution in [0.1, 0.15) is 31.0 Å². The summed E-state index contributed by atoms with van der Waals surface area (Å²) in [5.74, 6) is -1.13. The first-order chi connectivity index (χ1) is 19.3. The van der Waals surface area contributed by atoms with Crippen molar-refractivity contribution in [3.8, 4) is 0 Å². The maximum atomic E-state index is 14.2. The zero-order valence-electron chi connectivity index (χ0n) is 21.4. The van der Waals surface area contributed by atoms with Crippen LogP contribution in [0.25, 0.3) is 5.57 Å². The quantitative estimate of drug-likeness (QED) is 0.366. The van der Waals surface area contributed by atoms with Gasteiger partial charge in [0.25, 0.3) is 17.4 Å². The molecule has 3 aromatic carbocycles. The third kappa shape index (κ3) is 4.24. The molecule has 10 heteroatoms. The second kappa shape index (κ2) is 10.1. The molecule has 2 aliphatic rings. The number of nitrogens with one attached hydrogen (secondary N) is 1. The van der Waals surface area contributed by atoms with E-state index >= 15 is 0 Å². The zero-order chi connectivity index (χ0) is 28.1. The highest BCUT2D eigenvalue weighted by atomic mass is 79.9. The molecule has 3 heterocycles. The van der Waals surface area contributed by atoms with Crippen LogP contribution in [0.4, 0.5) is 15.8 Å². The maximum Gasteiger partial charge on any atom is 0.271 e. The largest absolute Gasteiger partial charge is 0.322 e. The van der Waals surface area contributed by atoms with Crippen LogP contribution in [-0.4, -0.2) is 22.9 Å². The van der Waals surface area contributed by atoms with E-state index in [1.807, 2.05) is 31.2 Å². The van der Waals surface area contributed by atoms with Gasteiger partial charge in [-0.3, -0.25) is 19.0 Å². The van der Waals surface area contributed by atoms with Crippen molar-refractivity contribution in [3.63, 3.8) is 0 Å². The molecule has 4 aromatic rings. The molecule has 0 saturated heterocycles. The molecule has 200 valence electrons. The van der Waals surface area contributed by atoms with Gasteiger partial charge in [-0.25, -0.2) is 9.38 Å². The Labute approximate surface area is 240 Å². The monoisotopic (exact) mass is 616 g/mol. The molecule has 0 unspecified atom stereocenters. The second-order valence-electron chi connectivity index (χ2n) is 9.36. The van der Waals surface area contributed by atoms with Crippen molar-refractivity contribution in [2.75, 3.05) is 16.8 Å². The number of hydrogen-bond donors (Lipinski definition) is 1. The molecule has 2 aliphatic heterocycles. The molecule has 0 saturated carbocycles. The molecule has 40 heavy (non-hydrogen) atoms. The topological polar surface area (TPSA) is 83.8 Å². The van der Waals surface area contributed by atoms with Gasteiger partial charge < -0.3 is 10.2 Å². The lowest BCUT2D eigenvalue weighted by atomic mass is 9.95. The van der Waals surface area contributed by atoms with Crippen LogP contribution in [0, 0.1) is 5.82 Å². The summed E-state index contributed by atoms with van der Waals surface area (Å²) in [4.78, 5) is 48.1. The van der Waals surface area contributed by atoms with E-state index in [-0.39, 0.29) is 16.0 Å². The number of halogens is 2. The van der Waals surface area contributed by atoms with Crippen molar-refractivity contribution in [1.29, 1.82) is 0 Å². The molecule has 0 aliphatic carbocycles. The van der Waals surface area contributed by atoms with E-state index in [9.17, 15) is 18.8 Å². The number of likely N-dealkylation sites (N-methyl/N-ethyl adjacent to an activating group) is 1. The number of carbonyl (C=O) groups excluding carboxylic acids is 2. The summed E-state index contributed by atoms with van der Waals surface area (Å²) in [5.41, 5.74) is 3.06. The number of aromatic nitrogens is 1. The minimum atomic E-state index is -0.879. The number of hydrogen-bond acceptors (Lipinski definition) is 5. The molecular weight excluding hydrogens is 595 g/mol. The third-order valence-corrected chi connectivity index (χ3v) is 8.53. The highest BCUT2D eigenvalue weighted by molar-refractivity contribution is 9.10. The summed E-state index contributed by atoms with van der Waals surface area (Å²) in [6.45, 7) is 4.03. The van der Waals surface area contributed by atoms with Crippen LogP contribution in [0.5, 0.6) is 0 Å². The van der Waals surface area contributed by atoms with E-state index in [4.69, 9.17) is 0 Å². The summed E-state index contributed by atoms with van der Waals surface area (Å²) < 4.78 is 16.4. The Morgan fingerprint density at radius 2 is 1.80 bits per heavy atom. The van der Waals surface area contributed by atoms with E-state index in [1.54, 1.807) is 48.2 Å². The van der Waals surface area contributed by atoms with Crippen molar-refractivity contribution in [1.82, 2.24) is 4.57 Å². The van der Waals surface area contributed by atoms with Gasteiger partial charge in [0.15, 0.2) is 4.80 Å². The van der Waals surface area contributed by atoms with Crippen molar-refractivity contribution < 1.29 is 14.0 Å². The fourth-order valence-electron chi connectivity index (χ4n) is 5.18. The van der Waals surface area contributed by atoms with Crippen molar-refractivity contribution in [2.45, 2.75) is 19.9 Å². The van der Waals surface area contributed by atoms with E-state index < -0.39 is 23.3 Å². The molecule has 1 aromatic heterocycles. The lowest BCUT2D eigenvalue weighted by Crippen LogP contribution is -2.41. The standard InChI is InChI=1S/C30H22BrFN4O3S/c1-3-35-22-14-11-18(31)15-21(22)24(28(35)38)26-29(39)36-25(17-9-12-19(32)13-10-17)23(16(2)33-30(36)40-26)27(37)34-20-7-5-4-6-8-20/h4-15,25H,3H2,1-2H3,(H,34,37)/b26-24+/t25-/m1/s1. The van der Waals surface area contributed by atoms with Gasteiger partial charge in [-0.1, -0.05) is 57.6 Å². The van der Waals surface area contributed by atoms with Gasteiger partial charge in [0.1, 0.15) is 10.3 Å². The van der Waals surface area contributed by atoms with Gasteiger partial charge >= 0.3 is 0 Å². The van der Waals surface area contributed by atoms with Crippen LogP contribution in [0.3, 0.4) is 0 Å². The molecule has 0 radical (unpaired) electrons. The first kappa shape index (κ1) is 26.1. The number of para-hydroxylation sites is 1. The Kier molecular flexibility index (Phi) is 6.59. The molecular formula is C30H22BrFN4O3S. The maximum absolute atomic E-state index is 14.2. The Bertz CT molecular complexity index is 1910. The molecule has 0 spiro atoms. The lowest BCUT2D eigenvalue weighted by molar-refractivity contribution is -0.114. The van der Waals surface area contributed by atoms with Crippen LogP contribution in [0.2, 0.25) is 0 Å². The highest BCUT2D eigenvalue weighted by Gasteiger charge is 2.36. The fourth-order valence-corrected chi connectivity index (χ4v) is 6.68. The summed E-state index contributed by atoms with van der Waals surface area (Å²) in [7, 11) is 0. The van der Waals surface area contributed by atoms with Crippen LogP contribution in [-0.2, 0) is 9.59 Å². The number of fused-ring (bicyclic) bond motifs is 2. The van der Waals surface area contributed by atoms with Gasteiger partial charge in [0, 0.05) is 22.3 Å². The van der Waals surface area contributed by atoms with Gasteiger partial charge in [0.05, 0.1) is 28.6 Å². The number of amides is 2. The average molecular weight is 618 g/mol. The second-order valence-corrected chi connectivity index (χ2v) is 11.3. The highest BCUT2D eigenvalue weighted by Crippen LogP contribution is 2.37. The Hall–Kier alpha value is -4.15. The van der Waals surface area contributed by atoms with Gasteiger partial charge in [-0.2, -0.15) is 0 Å². The predicted molar refractivity (Wildman–Crippen MR) is 156 cm³/mol. The Morgan fingerprint density at radius 1 is 1.07 bits per heavy atom. The van der Waals surface area contributed by atoms with Crippen LogP contribution in [0.15, 0.2) is 98.3 Å². The minimum Gasteiger partial charge on any atom is -0.322 e. The summed E-state index contributed by atoms with van der Waals surface area (Å²) in [5, 5.41) is 2.89. The van der Waals surface area contributed by atoms with E-state index in [0.717, 1.165) is 21.5 Å². The van der Waals surface area contributed by atoms with E-state index in [2.05, 4.69) is 26.2 Å². The molecule has 1 atom stereocenters. The van der Waals surface area contributed by atoms with E-state index in [1.165, 1.54) is 16.7 Å². The Balaban J connectivity index is 1.60. The molecule has 1 N–H and O–H groups in total. The zero-order valence-corrected chi connectivity index (χ0v) is 23.8. The SMILES string of the molecule is CCN1C(=O)/C(=c2/sc3n(c2=O)[C@H](c2ccc(F)cc2)C(C(=O)Nc2ccccc2)=C(C)N=3)c2cc(Br)ccc21. The molecule has 0 bridgehead atoms. The molecule has 0 fully saturated rings. The number of rotatable bonds is 4. The molecule has 6 rings (SSSR count). The van der Waals surface area contributed by atoms with E-state index in [0.29, 0.717) is 39.4 Å². The smallest absolute Gasteiger partial charge is 0.271 e. The number of nitrogens with zero attached hydrogens (tertiary/aromatic N) is 3. The number of allylic oxidation sites excluding steroid dienone is 1. The van der Waals surface area contributed by atoms with Crippen molar-refractivity contribution in [3.05, 3.63) is 125 Å². The summed E-state index contributed by atoms with van der Waals surface area (Å²) in [6, 6.07) is 19.3.